The molecule has 0 aromatic carbocycles. The lowest BCUT2D eigenvalue weighted by Gasteiger charge is -2.21. The second kappa shape index (κ2) is 4.58. The van der Waals surface area contributed by atoms with Crippen LogP contribution in [-0.4, -0.2) is 17.6 Å². The van der Waals surface area contributed by atoms with Crippen molar-refractivity contribution in [3.63, 3.8) is 0 Å². The number of anilines is 1. The van der Waals surface area contributed by atoms with Gasteiger partial charge >= 0.3 is 0 Å². The summed E-state index contributed by atoms with van der Waals surface area (Å²) in [6, 6.07) is 0.775. The van der Waals surface area contributed by atoms with Crippen LogP contribution in [0.2, 0.25) is 0 Å². The van der Waals surface area contributed by atoms with Crippen LogP contribution in [0.4, 0.5) is 5.13 Å². The van der Waals surface area contributed by atoms with E-state index in [1.807, 2.05) is 11.3 Å². The maximum atomic E-state index is 5.80. The van der Waals surface area contributed by atoms with Crippen molar-refractivity contribution in [1.29, 1.82) is 0 Å². The molecule has 1 aromatic rings. The molecule has 0 atom stereocenters. The van der Waals surface area contributed by atoms with Crippen LogP contribution in [0.3, 0.4) is 0 Å². The first-order chi connectivity index (χ1) is 8.31. The second-order valence-electron chi connectivity index (χ2n) is 5.25. The van der Waals surface area contributed by atoms with Gasteiger partial charge in [-0.25, -0.2) is 4.98 Å². The first-order valence-electron chi connectivity index (χ1n) is 6.77. The number of rotatable bonds is 6. The van der Waals surface area contributed by atoms with Crippen molar-refractivity contribution in [2.75, 3.05) is 11.4 Å². The molecule has 0 radical (unpaired) electrons. The van der Waals surface area contributed by atoms with Crippen molar-refractivity contribution in [1.82, 2.24) is 4.98 Å². The highest BCUT2D eigenvalue weighted by atomic mass is 32.1. The van der Waals surface area contributed by atoms with Gasteiger partial charge in [0.1, 0.15) is 0 Å². The van der Waals surface area contributed by atoms with Gasteiger partial charge in [-0.1, -0.05) is 6.92 Å². The van der Waals surface area contributed by atoms with E-state index in [1.165, 1.54) is 47.9 Å². The Bertz CT molecular complexity index is 372. The molecule has 0 unspecified atom stereocenters. The van der Waals surface area contributed by atoms with Gasteiger partial charge in [0.15, 0.2) is 5.13 Å². The average Bonchev–Trinajstić information content (AvgIpc) is 3.23. The Hall–Kier alpha value is -0.610. The van der Waals surface area contributed by atoms with E-state index in [-0.39, 0.29) is 0 Å². The predicted octanol–water partition coefficient (Wildman–Crippen LogP) is 2.54. The maximum absolute atomic E-state index is 5.80. The number of nitrogens with two attached hydrogens (primary N) is 1. The average molecular weight is 251 g/mol. The number of nitrogens with zero attached hydrogens (tertiary/aromatic N) is 2. The van der Waals surface area contributed by atoms with Gasteiger partial charge in [0, 0.05) is 24.0 Å². The van der Waals surface area contributed by atoms with Gasteiger partial charge in [-0.3, -0.25) is 0 Å². The maximum Gasteiger partial charge on any atom is 0.186 e. The van der Waals surface area contributed by atoms with E-state index >= 15 is 0 Å². The van der Waals surface area contributed by atoms with Crippen molar-refractivity contribution in [3.8, 4) is 0 Å². The predicted molar refractivity (Wildman–Crippen MR) is 72.5 cm³/mol. The molecule has 0 aliphatic heterocycles. The molecule has 1 aromatic heterocycles. The molecule has 17 heavy (non-hydrogen) atoms. The SMILES string of the molecule is CCc1nc(N(CC2CC2)C2CC2)sc1CN. The summed E-state index contributed by atoms with van der Waals surface area (Å²) in [6.45, 7) is 4.04. The topological polar surface area (TPSA) is 42.2 Å². The van der Waals surface area contributed by atoms with Crippen LogP contribution in [0.15, 0.2) is 0 Å². The molecular weight excluding hydrogens is 230 g/mol. The summed E-state index contributed by atoms with van der Waals surface area (Å²) >= 11 is 1.82. The van der Waals surface area contributed by atoms with E-state index < -0.39 is 0 Å². The molecule has 2 saturated carbocycles. The minimum absolute atomic E-state index is 0.642. The van der Waals surface area contributed by atoms with E-state index in [0.29, 0.717) is 6.54 Å². The summed E-state index contributed by atoms with van der Waals surface area (Å²) in [5.41, 5.74) is 7.01. The third-order valence-electron chi connectivity index (χ3n) is 3.67. The Morgan fingerprint density at radius 1 is 1.35 bits per heavy atom. The third kappa shape index (κ3) is 2.47. The van der Waals surface area contributed by atoms with Crippen molar-refractivity contribution in [3.05, 3.63) is 10.6 Å². The van der Waals surface area contributed by atoms with Gasteiger partial charge in [0.05, 0.1) is 5.69 Å². The van der Waals surface area contributed by atoms with Crippen LogP contribution in [0, 0.1) is 5.92 Å². The lowest BCUT2D eigenvalue weighted by Crippen LogP contribution is -2.27. The lowest BCUT2D eigenvalue weighted by atomic mass is 10.3. The highest BCUT2D eigenvalue weighted by molar-refractivity contribution is 7.15. The van der Waals surface area contributed by atoms with Crippen LogP contribution in [0.5, 0.6) is 0 Å². The van der Waals surface area contributed by atoms with E-state index in [4.69, 9.17) is 10.7 Å². The Balaban J connectivity index is 1.80. The zero-order chi connectivity index (χ0) is 11.8. The van der Waals surface area contributed by atoms with E-state index in [1.54, 1.807) is 0 Å². The number of thiazole rings is 1. The zero-order valence-corrected chi connectivity index (χ0v) is 11.3. The molecule has 0 saturated heterocycles. The molecule has 0 spiro atoms. The highest BCUT2D eigenvalue weighted by Crippen LogP contribution is 2.39. The molecule has 3 nitrogen and oxygen atoms in total. The minimum atomic E-state index is 0.642. The largest absolute Gasteiger partial charge is 0.345 e. The number of hydrogen-bond acceptors (Lipinski definition) is 4. The van der Waals surface area contributed by atoms with Crippen molar-refractivity contribution >= 4 is 16.5 Å². The molecule has 94 valence electrons. The minimum Gasteiger partial charge on any atom is -0.345 e. The standard InChI is InChI=1S/C13H21N3S/c1-2-11-12(7-14)17-13(15-11)16(10-5-6-10)8-9-3-4-9/h9-10H,2-8,14H2,1H3. The third-order valence-corrected chi connectivity index (χ3v) is 4.83. The second-order valence-corrected chi connectivity index (χ2v) is 6.31. The molecule has 2 aliphatic carbocycles. The van der Waals surface area contributed by atoms with Gasteiger partial charge in [-0.15, -0.1) is 11.3 Å². The number of aryl methyl sites for hydroxylation is 1. The monoisotopic (exact) mass is 251 g/mol. The van der Waals surface area contributed by atoms with Crippen LogP contribution in [0.1, 0.15) is 43.2 Å². The Morgan fingerprint density at radius 2 is 2.12 bits per heavy atom. The van der Waals surface area contributed by atoms with Crippen molar-refractivity contribution in [2.45, 2.75) is 51.6 Å². The first-order valence-corrected chi connectivity index (χ1v) is 7.58. The summed E-state index contributed by atoms with van der Waals surface area (Å²) in [4.78, 5) is 8.64. The molecule has 2 aliphatic rings. The fourth-order valence-corrected chi connectivity index (χ4v) is 3.38. The van der Waals surface area contributed by atoms with Crippen LogP contribution in [0.25, 0.3) is 0 Å². The molecule has 0 amide bonds. The van der Waals surface area contributed by atoms with Crippen LogP contribution >= 0.6 is 11.3 Å². The van der Waals surface area contributed by atoms with E-state index in [2.05, 4.69) is 11.8 Å². The van der Waals surface area contributed by atoms with Gasteiger partial charge < -0.3 is 10.6 Å². The molecule has 4 heteroatoms. The van der Waals surface area contributed by atoms with Gasteiger partial charge in [-0.05, 0) is 38.0 Å². The molecule has 0 bridgehead atoms. The van der Waals surface area contributed by atoms with Gasteiger partial charge in [-0.2, -0.15) is 0 Å². The van der Waals surface area contributed by atoms with Crippen molar-refractivity contribution in [2.24, 2.45) is 11.7 Å². The number of hydrogen-bond donors (Lipinski definition) is 1. The van der Waals surface area contributed by atoms with Gasteiger partial charge in [0.25, 0.3) is 0 Å². The van der Waals surface area contributed by atoms with Crippen LogP contribution < -0.4 is 10.6 Å². The Morgan fingerprint density at radius 3 is 2.59 bits per heavy atom. The molecule has 1 heterocycles. The zero-order valence-electron chi connectivity index (χ0n) is 10.5. The van der Waals surface area contributed by atoms with E-state index in [9.17, 15) is 0 Å². The lowest BCUT2D eigenvalue weighted by molar-refractivity contribution is 0.714. The molecular formula is C13H21N3S. The smallest absolute Gasteiger partial charge is 0.186 e. The van der Waals surface area contributed by atoms with Crippen molar-refractivity contribution < 1.29 is 0 Å². The van der Waals surface area contributed by atoms with Gasteiger partial charge in [0.2, 0.25) is 0 Å². The van der Waals surface area contributed by atoms with E-state index in [0.717, 1.165) is 18.4 Å². The molecule has 2 fully saturated rings. The summed E-state index contributed by atoms with van der Waals surface area (Å²) in [7, 11) is 0. The normalized spacial score (nSPS) is 19.6. The molecule has 3 rings (SSSR count). The summed E-state index contributed by atoms with van der Waals surface area (Å²) in [5, 5.41) is 1.23. The molecule has 2 N–H and O–H groups in total. The number of aromatic nitrogens is 1. The summed E-state index contributed by atoms with van der Waals surface area (Å²) < 4.78 is 0. The fourth-order valence-electron chi connectivity index (χ4n) is 2.28. The van der Waals surface area contributed by atoms with Crippen LogP contribution in [-0.2, 0) is 13.0 Å². The Kier molecular flexibility index (Phi) is 3.09. The summed E-state index contributed by atoms with van der Waals surface area (Å²) in [6.07, 6.45) is 6.54. The fraction of sp³-hybridized carbons (Fsp3) is 0.769. The quantitative estimate of drug-likeness (QED) is 0.845. The Labute approximate surface area is 107 Å². The highest BCUT2D eigenvalue weighted by Gasteiger charge is 2.35. The summed E-state index contributed by atoms with van der Waals surface area (Å²) in [5.74, 6) is 0.936. The first kappa shape index (κ1) is 11.5.